The summed E-state index contributed by atoms with van der Waals surface area (Å²) in [5, 5.41) is 11.1. The molecule has 0 aliphatic carbocycles. The van der Waals surface area contributed by atoms with E-state index >= 15 is 0 Å². The van der Waals surface area contributed by atoms with Crippen LogP contribution < -0.4 is 10.6 Å². The van der Waals surface area contributed by atoms with E-state index < -0.39 is 5.60 Å². The summed E-state index contributed by atoms with van der Waals surface area (Å²) in [6.07, 6.45) is 3.90. The number of nitrogens with zero attached hydrogens (tertiary/aromatic N) is 5. The molecule has 0 aliphatic heterocycles. The summed E-state index contributed by atoms with van der Waals surface area (Å²) in [6.45, 7) is 12.0. The van der Waals surface area contributed by atoms with Gasteiger partial charge in [0.25, 0.3) is 0 Å². The van der Waals surface area contributed by atoms with Crippen molar-refractivity contribution < 1.29 is 9.53 Å². The van der Waals surface area contributed by atoms with E-state index in [2.05, 4.69) is 32.6 Å². The van der Waals surface area contributed by atoms with E-state index in [1.165, 1.54) is 5.56 Å². The third-order valence-corrected chi connectivity index (χ3v) is 4.96. The zero-order chi connectivity index (χ0) is 23.7. The van der Waals surface area contributed by atoms with E-state index in [1.807, 2.05) is 51.6 Å². The van der Waals surface area contributed by atoms with Gasteiger partial charge in [0, 0.05) is 57.4 Å². The lowest BCUT2D eigenvalue weighted by Gasteiger charge is -2.27. The minimum absolute atomic E-state index is 0. The minimum Gasteiger partial charge on any atom is -0.444 e. The van der Waals surface area contributed by atoms with Crippen LogP contribution in [0.5, 0.6) is 0 Å². The molecule has 2 heterocycles. The smallest absolute Gasteiger partial charge is 0.410 e. The van der Waals surface area contributed by atoms with Crippen molar-refractivity contribution in [2.24, 2.45) is 12.0 Å². The molecule has 33 heavy (non-hydrogen) atoms. The van der Waals surface area contributed by atoms with Gasteiger partial charge in [0.2, 0.25) is 0 Å². The summed E-state index contributed by atoms with van der Waals surface area (Å²) in [5.41, 5.74) is 3.73. The number of ether oxygens (including phenoxy) is 1. The normalized spacial score (nSPS) is 11.5. The zero-order valence-corrected chi connectivity index (χ0v) is 23.1. The van der Waals surface area contributed by atoms with Crippen molar-refractivity contribution in [3.63, 3.8) is 0 Å². The lowest BCUT2D eigenvalue weighted by molar-refractivity contribution is 0.0232. The van der Waals surface area contributed by atoms with Crippen molar-refractivity contribution in [3.05, 3.63) is 47.0 Å². The molecule has 2 rings (SSSR count). The number of nitrogens with one attached hydrogen (secondary N) is 2. The average Bonchev–Trinajstić information content (AvgIpc) is 2.97. The summed E-state index contributed by atoms with van der Waals surface area (Å²) in [7, 11) is 3.69. The Bertz CT molecular complexity index is 908. The fraction of sp³-hybridized carbons (Fsp3) is 0.565. The number of halogens is 1. The lowest BCUT2D eigenvalue weighted by Crippen LogP contribution is -2.40. The van der Waals surface area contributed by atoms with Gasteiger partial charge >= 0.3 is 6.09 Å². The van der Waals surface area contributed by atoms with E-state index in [-0.39, 0.29) is 30.1 Å². The molecule has 2 aromatic rings. The van der Waals surface area contributed by atoms with Crippen molar-refractivity contribution in [2.75, 3.05) is 20.1 Å². The van der Waals surface area contributed by atoms with Crippen LogP contribution in [0.4, 0.5) is 4.79 Å². The molecule has 0 spiro atoms. The number of guanidine groups is 1. The fourth-order valence-electron chi connectivity index (χ4n) is 3.22. The van der Waals surface area contributed by atoms with Gasteiger partial charge in [-0.3, -0.25) is 14.7 Å². The lowest BCUT2D eigenvalue weighted by atomic mass is 10.2. The molecule has 0 fully saturated rings. The number of carbonyl (C=O) groups excluding carboxylic acids is 1. The number of aliphatic imine (C=N–C) groups is 1. The predicted octanol–water partition coefficient (Wildman–Crippen LogP) is 3.54. The van der Waals surface area contributed by atoms with Crippen LogP contribution in [0.25, 0.3) is 0 Å². The highest BCUT2D eigenvalue weighted by atomic mass is 127. The first-order chi connectivity index (χ1) is 15.1. The minimum atomic E-state index is -0.545. The molecule has 9 nitrogen and oxygen atoms in total. The van der Waals surface area contributed by atoms with Crippen LogP contribution in [0, 0.1) is 13.8 Å². The van der Waals surface area contributed by atoms with Crippen molar-refractivity contribution in [2.45, 2.75) is 59.7 Å². The maximum atomic E-state index is 12.7. The largest absolute Gasteiger partial charge is 0.444 e. The highest BCUT2D eigenvalue weighted by Gasteiger charge is 2.22. The van der Waals surface area contributed by atoms with Gasteiger partial charge in [0.05, 0.1) is 12.2 Å². The summed E-state index contributed by atoms with van der Waals surface area (Å²) in [5.74, 6) is 0.712. The molecule has 10 heteroatoms. The quantitative estimate of drug-likeness (QED) is 0.218. The van der Waals surface area contributed by atoms with Crippen LogP contribution in [-0.2, 0) is 24.9 Å². The first-order valence-electron chi connectivity index (χ1n) is 10.9. The SMILES string of the molecule is CN=C(NCCCN(Cc1cccnc1)C(=O)OC(C)(C)C)NCc1c(C)nn(C)c1C.I. The third-order valence-electron chi connectivity index (χ3n) is 4.96. The summed E-state index contributed by atoms with van der Waals surface area (Å²) in [4.78, 5) is 22.8. The van der Waals surface area contributed by atoms with E-state index in [1.54, 1.807) is 24.3 Å². The van der Waals surface area contributed by atoms with Gasteiger partial charge in [0.1, 0.15) is 5.60 Å². The molecule has 184 valence electrons. The van der Waals surface area contributed by atoms with Crippen molar-refractivity contribution in [3.8, 4) is 0 Å². The standard InChI is InChI=1S/C23H37N7O2.HI/c1-17-20(18(2)29(7)28-17)15-27-21(24-6)26-12-9-13-30(22(31)32-23(3,4)5)16-19-10-8-11-25-14-19;/h8,10-11,14H,9,12-13,15-16H2,1-7H3,(H2,24,26,27);1H. The number of hydrogen-bond donors (Lipinski definition) is 2. The van der Waals surface area contributed by atoms with Crippen molar-refractivity contribution in [1.29, 1.82) is 0 Å². The second-order valence-corrected chi connectivity index (χ2v) is 8.74. The average molecular weight is 572 g/mol. The highest BCUT2D eigenvalue weighted by molar-refractivity contribution is 14.0. The molecule has 1 amide bonds. The number of carbonyl (C=O) groups is 1. The van der Waals surface area contributed by atoms with Crippen LogP contribution in [0.3, 0.4) is 0 Å². The molecule has 2 aromatic heterocycles. The molecule has 0 atom stereocenters. The van der Waals surface area contributed by atoms with E-state index in [9.17, 15) is 4.79 Å². The van der Waals surface area contributed by atoms with Crippen molar-refractivity contribution in [1.82, 2.24) is 30.3 Å². The van der Waals surface area contributed by atoms with Crippen molar-refractivity contribution >= 4 is 36.0 Å². The Morgan fingerprint density at radius 3 is 2.55 bits per heavy atom. The maximum absolute atomic E-state index is 12.7. The van der Waals surface area contributed by atoms with Gasteiger partial charge in [0.15, 0.2) is 5.96 Å². The Hall–Kier alpha value is -2.37. The first kappa shape index (κ1) is 28.7. The predicted molar refractivity (Wildman–Crippen MR) is 142 cm³/mol. The van der Waals surface area contributed by atoms with Gasteiger partial charge in [-0.2, -0.15) is 5.10 Å². The molecular weight excluding hydrogens is 533 g/mol. The molecule has 0 saturated carbocycles. The summed E-state index contributed by atoms with van der Waals surface area (Å²) < 4.78 is 7.47. The number of pyridine rings is 1. The molecule has 0 radical (unpaired) electrons. The number of amides is 1. The Kier molecular flexibility index (Phi) is 11.6. The van der Waals surface area contributed by atoms with Gasteiger partial charge in [-0.05, 0) is 52.7 Å². The number of hydrogen-bond acceptors (Lipinski definition) is 5. The van der Waals surface area contributed by atoms with Gasteiger partial charge < -0.3 is 20.3 Å². The van der Waals surface area contributed by atoms with Gasteiger partial charge in [-0.25, -0.2) is 4.79 Å². The Balaban J connectivity index is 0.00000544. The second-order valence-electron chi connectivity index (χ2n) is 8.74. The number of rotatable bonds is 8. The first-order valence-corrected chi connectivity index (χ1v) is 10.9. The van der Waals surface area contributed by atoms with Crippen LogP contribution in [0.1, 0.15) is 49.7 Å². The maximum Gasteiger partial charge on any atom is 0.410 e. The Morgan fingerprint density at radius 1 is 1.27 bits per heavy atom. The third kappa shape index (κ3) is 9.56. The van der Waals surface area contributed by atoms with Gasteiger partial charge in [-0.1, -0.05) is 6.07 Å². The fourth-order valence-corrected chi connectivity index (χ4v) is 3.22. The molecule has 2 N–H and O–H groups in total. The van der Waals surface area contributed by atoms with E-state index in [0.29, 0.717) is 32.1 Å². The van der Waals surface area contributed by atoms with Crippen LogP contribution >= 0.6 is 24.0 Å². The highest BCUT2D eigenvalue weighted by Crippen LogP contribution is 2.13. The molecule has 0 unspecified atom stereocenters. The monoisotopic (exact) mass is 571 g/mol. The summed E-state index contributed by atoms with van der Waals surface area (Å²) >= 11 is 0. The molecular formula is C23H38IN7O2. The van der Waals surface area contributed by atoms with Gasteiger partial charge in [-0.15, -0.1) is 24.0 Å². The molecule has 0 aliphatic rings. The number of aromatic nitrogens is 3. The van der Waals surface area contributed by atoms with E-state index in [4.69, 9.17) is 4.74 Å². The van der Waals surface area contributed by atoms with Crippen LogP contribution in [0.15, 0.2) is 29.5 Å². The molecule has 0 saturated heterocycles. The molecule has 0 bridgehead atoms. The second kappa shape index (κ2) is 13.4. The summed E-state index contributed by atoms with van der Waals surface area (Å²) in [6, 6.07) is 3.82. The Labute approximate surface area is 214 Å². The zero-order valence-electron chi connectivity index (χ0n) is 20.8. The van der Waals surface area contributed by atoms with E-state index in [0.717, 1.165) is 23.4 Å². The molecule has 0 aromatic carbocycles. The van der Waals surface area contributed by atoms with Crippen LogP contribution in [0.2, 0.25) is 0 Å². The topological polar surface area (TPSA) is 96.7 Å². The van der Waals surface area contributed by atoms with Crippen LogP contribution in [-0.4, -0.2) is 57.5 Å². The number of aryl methyl sites for hydroxylation is 2. The Morgan fingerprint density at radius 2 is 2.00 bits per heavy atom.